The zero-order valence-corrected chi connectivity index (χ0v) is 14.6. The number of halogens is 1. The smallest absolute Gasteiger partial charge is 0.283 e. The molecule has 1 aromatic rings. The third-order valence-electron chi connectivity index (χ3n) is 3.60. The lowest BCUT2D eigenvalue weighted by Crippen LogP contribution is -2.27. The molecule has 1 N–H and O–H groups in total. The Hall–Kier alpha value is -0.490. The summed E-state index contributed by atoms with van der Waals surface area (Å²) >= 11 is 5.35. The highest BCUT2D eigenvalue weighted by molar-refractivity contribution is 9.10. The number of thioether (sulfide) groups is 1. The fourth-order valence-corrected chi connectivity index (χ4v) is 3.76. The third-order valence-corrected chi connectivity index (χ3v) is 5.46. The number of rotatable bonds is 5. The molecule has 0 amide bonds. The Bertz CT molecular complexity index is 518. The van der Waals surface area contributed by atoms with Crippen molar-refractivity contribution < 1.29 is 0 Å². The molecular weight excluding hydrogens is 338 g/mol. The molecule has 0 aromatic carbocycles. The second-order valence-corrected chi connectivity index (χ2v) is 7.70. The maximum Gasteiger partial charge on any atom is 0.283 e. The van der Waals surface area contributed by atoms with Gasteiger partial charge in [-0.3, -0.25) is 4.79 Å². The van der Waals surface area contributed by atoms with Crippen LogP contribution in [0.3, 0.4) is 0 Å². The second kappa shape index (κ2) is 6.98. The SMILES string of the molecule is CSC1CCC(Nc2cnn(CC(C)C)c(=O)c2Br)C1. The first-order valence-electron chi connectivity index (χ1n) is 7.06. The van der Waals surface area contributed by atoms with Gasteiger partial charge in [-0.2, -0.15) is 16.9 Å². The van der Waals surface area contributed by atoms with Crippen LogP contribution in [0.2, 0.25) is 0 Å². The highest BCUT2D eigenvalue weighted by Gasteiger charge is 2.24. The van der Waals surface area contributed by atoms with Crippen molar-refractivity contribution in [2.45, 2.75) is 50.9 Å². The van der Waals surface area contributed by atoms with E-state index in [1.165, 1.54) is 11.1 Å². The molecule has 2 atom stereocenters. The molecule has 1 fully saturated rings. The molecule has 1 aliphatic carbocycles. The van der Waals surface area contributed by atoms with Crippen LogP contribution >= 0.6 is 27.7 Å². The lowest BCUT2D eigenvalue weighted by molar-refractivity contribution is 0.462. The van der Waals surface area contributed by atoms with Crippen LogP contribution in [0.4, 0.5) is 5.69 Å². The van der Waals surface area contributed by atoms with E-state index in [0.29, 0.717) is 23.0 Å². The van der Waals surface area contributed by atoms with Crippen molar-refractivity contribution >= 4 is 33.4 Å². The van der Waals surface area contributed by atoms with E-state index in [-0.39, 0.29) is 5.56 Å². The average Bonchev–Trinajstić information content (AvgIpc) is 2.86. The lowest BCUT2D eigenvalue weighted by atomic mass is 10.2. The maximum absolute atomic E-state index is 12.2. The van der Waals surface area contributed by atoms with E-state index >= 15 is 0 Å². The van der Waals surface area contributed by atoms with Gasteiger partial charge in [-0.25, -0.2) is 4.68 Å². The summed E-state index contributed by atoms with van der Waals surface area (Å²) in [5, 5.41) is 8.46. The molecule has 6 heteroatoms. The van der Waals surface area contributed by atoms with Gasteiger partial charge >= 0.3 is 0 Å². The standard InChI is InChI=1S/C14H22BrN3OS/c1-9(2)8-18-14(19)13(15)12(7-16-18)17-10-4-5-11(6-10)20-3/h7,9-11,17H,4-6,8H2,1-3H3. The van der Waals surface area contributed by atoms with Crippen molar-refractivity contribution in [2.75, 3.05) is 11.6 Å². The van der Waals surface area contributed by atoms with Crippen LogP contribution < -0.4 is 10.9 Å². The predicted molar refractivity (Wildman–Crippen MR) is 89.6 cm³/mol. The fraction of sp³-hybridized carbons (Fsp3) is 0.714. The van der Waals surface area contributed by atoms with E-state index in [0.717, 1.165) is 23.8 Å². The Balaban J connectivity index is 2.10. The molecule has 0 radical (unpaired) electrons. The van der Waals surface area contributed by atoms with E-state index in [4.69, 9.17) is 0 Å². The van der Waals surface area contributed by atoms with Crippen LogP contribution in [-0.4, -0.2) is 27.3 Å². The molecule has 2 rings (SSSR count). The van der Waals surface area contributed by atoms with Gasteiger partial charge in [0.05, 0.1) is 11.9 Å². The highest BCUT2D eigenvalue weighted by Crippen LogP contribution is 2.31. The maximum atomic E-state index is 12.2. The summed E-state index contributed by atoms with van der Waals surface area (Å²) < 4.78 is 2.12. The Morgan fingerprint density at radius 1 is 1.55 bits per heavy atom. The molecule has 20 heavy (non-hydrogen) atoms. The van der Waals surface area contributed by atoms with Gasteiger partial charge < -0.3 is 5.32 Å². The van der Waals surface area contributed by atoms with Crippen LogP contribution in [-0.2, 0) is 6.54 Å². The van der Waals surface area contributed by atoms with E-state index in [1.54, 1.807) is 6.20 Å². The largest absolute Gasteiger partial charge is 0.380 e. The van der Waals surface area contributed by atoms with Gasteiger partial charge in [-0.1, -0.05) is 13.8 Å². The van der Waals surface area contributed by atoms with Gasteiger partial charge in [0, 0.05) is 17.8 Å². The molecule has 0 bridgehead atoms. The zero-order chi connectivity index (χ0) is 14.7. The van der Waals surface area contributed by atoms with E-state index in [9.17, 15) is 4.79 Å². The van der Waals surface area contributed by atoms with Crippen molar-refractivity contribution in [1.82, 2.24) is 9.78 Å². The zero-order valence-electron chi connectivity index (χ0n) is 12.2. The van der Waals surface area contributed by atoms with Gasteiger partial charge in [0.15, 0.2) is 0 Å². The number of anilines is 1. The summed E-state index contributed by atoms with van der Waals surface area (Å²) in [6.45, 7) is 4.81. The van der Waals surface area contributed by atoms with Crippen molar-refractivity contribution in [2.24, 2.45) is 5.92 Å². The first kappa shape index (κ1) is 15.9. The van der Waals surface area contributed by atoms with Crippen molar-refractivity contribution in [3.63, 3.8) is 0 Å². The van der Waals surface area contributed by atoms with E-state index in [1.807, 2.05) is 11.8 Å². The van der Waals surface area contributed by atoms with Crippen molar-refractivity contribution in [3.8, 4) is 0 Å². The third kappa shape index (κ3) is 3.79. The van der Waals surface area contributed by atoms with Gasteiger partial charge in [0.2, 0.25) is 0 Å². The Morgan fingerprint density at radius 2 is 2.30 bits per heavy atom. The molecule has 112 valence electrons. The number of nitrogens with one attached hydrogen (secondary N) is 1. The van der Waals surface area contributed by atoms with Crippen LogP contribution in [0.15, 0.2) is 15.5 Å². The Kier molecular flexibility index (Phi) is 5.55. The summed E-state index contributed by atoms with van der Waals surface area (Å²) in [5.74, 6) is 0.406. The van der Waals surface area contributed by atoms with Crippen LogP contribution in [0.1, 0.15) is 33.1 Å². The number of hydrogen-bond acceptors (Lipinski definition) is 4. The van der Waals surface area contributed by atoms with E-state index < -0.39 is 0 Å². The minimum atomic E-state index is -0.0527. The number of aromatic nitrogens is 2. The first-order chi connectivity index (χ1) is 9.51. The van der Waals surface area contributed by atoms with Gasteiger partial charge in [0.1, 0.15) is 4.47 Å². The van der Waals surface area contributed by atoms with Crippen LogP contribution in [0.25, 0.3) is 0 Å². The summed E-state index contributed by atoms with van der Waals surface area (Å²) in [6, 6.07) is 0.450. The van der Waals surface area contributed by atoms with Gasteiger partial charge in [0.25, 0.3) is 5.56 Å². The summed E-state index contributed by atoms with van der Waals surface area (Å²) in [7, 11) is 0. The Labute approximate surface area is 132 Å². The summed E-state index contributed by atoms with van der Waals surface area (Å²) in [5.41, 5.74) is 0.768. The van der Waals surface area contributed by atoms with Gasteiger partial charge in [-0.05, 0) is 47.4 Å². The summed E-state index contributed by atoms with van der Waals surface area (Å²) in [4.78, 5) is 12.2. The highest BCUT2D eigenvalue weighted by atomic mass is 79.9. The van der Waals surface area contributed by atoms with E-state index in [2.05, 4.69) is 46.4 Å². The topological polar surface area (TPSA) is 46.9 Å². The molecule has 2 unspecified atom stereocenters. The normalized spacial score (nSPS) is 22.4. The monoisotopic (exact) mass is 359 g/mol. The molecular formula is C14H22BrN3OS. The van der Waals surface area contributed by atoms with Crippen LogP contribution in [0.5, 0.6) is 0 Å². The number of nitrogens with zero attached hydrogens (tertiary/aromatic N) is 2. The minimum Gasteiger partial charge on any atom is -0.380 e. The summed E-state index contributed by atoms with van der Waals surface area (Å²) in [6.07, 6.45) is 7.49. The molecule has 0 saturated heterocycles. The average molecular weight is 360 g/mol. The predicted octanol–water partition coefficient (Wildman–Crippen LogP) is 3.36. The Morgan fingerprint density at radius 3 is 2.90 bits per heavy atom. The fourth-order valence-electron chi connectivity index (χ4n) is 2.55. The molecule has 1 aromatic heterocycles. The number of hydrogen-bond donors (Lipinski definition) is 1. The quantitative estimate of drug-likeness (QED) is 0.875. The molecule has 0 aliphatic heterocycles. The van der Waals surface area contributed by atoms with Gasteiger partial charge in [-0.15, -0.1) is 0 Å². The van der Waals surface area contributed by atoms with Crippen LogP contribution in [0, 0.1) is 5.92 Å². The van der Waals surface area contributed by atoms with Crippen molar-refractivity contribution in [3.05, 3.63) is 21.0 Å². The molecule has 4 nitrogen and oxygen atoms in total. The molecule has 0 spiro atoms. The van der Waals surface area contributed by atoms with Crippen molar-refractivity contribution in [1.29, 1.82) is 0 Å². The second-order valence-electron chi connectivity index (χ2n) is 5.77. The molecule has 1 aliphatic rings. The molecule has 1 saturated carbocycles. The minimum absolute atomic E-state index is 0.0527. The lowest BCUT2D eigenvalue weighted by Gasteiger charge is -2.16. The molecule has 1 heterocycles. The first-order valence-corrected chi connectivity index (χ1v) is 9.14.